The van der Waals surface area contributed by atoms with E-state index in [1.807, 2.05) is 12.1 Å². The quantitative estimate of drug-likeness (QED) is 0.725. The molecule has 0 aromatic heterocycles. The minimum atomic E-state index is 0.173. The molecule has 18 heavy (non-hydrogen) atoms. The Labute approximate surface area is 114 Å². The van der Waals surface area contributed by atoms with Gasteiger partial charge in [-0.25, -0.2) is 0 Å². The maximum absolute atomic E-state index is 6.02. The molecule has 0 aliphatic carbocycles. The molecule has 2 aromatic carbocycles. The fourth-order valence-electron chi connectivity index (χ4n) is 1.94. The van der Waals surface area contributed by atoms with E-state index in [0.29, 0.717) is 10.7 Å². The molecule has 0 amide bonds. The third-order valence-corrected chi connectivity index (χ3v) is 3.22. The first-order valence-corrected chi connectivity index (χ1v) is 6.41. The predicted octanol–water partition coefficient (Wildman–Crippen LogP) is 4.89. The van der Waals surface area contributed by atoms with Gasteiger partial charge in [0.2, 0.25) is 0 Å². The largest absolute Gasteiger partial charge is 0.399 e. The Balaban J connectivity index is 2.40. The smallest absolute Gasteiger partial charge is 0.0432 e. The van der Waals surface area contributed by atoms with E-state index < -0.39 is 0 Å². The van der Waals surface area contributed by atoms with Gasteiger partial charge in [-0.15, -0.1) is 0 Å². The highest BCUT2D eigenvalue weighted by Crippen LogP contribution is 2.28. The van der Waals surface area contributed by atoms with Crippen molar-refractivity contribution in [2.75, 3.05) is 5.73 Å². The van der Waals surface area contributed by atoms with E-state index in [0.717, 1.165) is 11.1 Å². The first-order chi connectivity index (χ1) is 8.36. The van der Waals surface area contributed by atoms with Gasteiger partial charge in [-0.2, -0.15) is 0 Å². The van der Waals surface area contributed by atoms with Crippen LogP contribution in [0, 0.1) is 0 Å². The summed E-state index contributed by atoms with van der Waals surface area (Å²) >= 11 is 6.02. The zero-order chi connectivity index (χ0) is 13.3. The number of hydrogen-bond acceptors (Lipinski definition) is 1. The standard InChI is InChI=1S/C16H18ClN/c1-16(2,3)13-6-4-11(5-7-13)12-8-14(17)10-15(18)9-12/h4-10H,18H2,1-3H3. The lowest BCUT2D eigenvalue weighted by atomic mass is 9.86. The van der Waals surface area contributed by atoms with E-state index in [4.69, 9.17) is 17.3 Å². The monoisotopic (exact) mass is 259 g/mol. The molecule has 0 aliphatic heterocycles. The number of nitrogen functional groups attached to an aromatic ring is 1. The Morgan fingerprint density at radius 2 is 1.50 bits per heavy atom. The van der Waals surface area contributed by atoms with Crippen molar-refractivity contribution in [1.29, 1.82) is 0 Å². The second-order valence-electron chi connectivity index (χ2n) is 5.60. The Kier molecular flexibility index (Phi) is 3.36. The van der Waals surface area contributed by atoms with E-state index in [9.17, 15) is 0 Å². The normalized spacial score (nSPS) is 11.6. The third-order valence-electron chi connectivity index (χ3n) is 3.00. The number of nitrogens with two attached hydrogens (primary N) is 1. The van der Waals surface area contributed by atoms with Gasteiger partial charge < -0.3 is 5.73 Å². The summed E-state index contributed by atoms with van der Waals surface area (Å²) in [5.41, 5.74) is 10.2. The summed E-state index contributed by atoms with van der Waals surface area (Å²) in [4.78, 5) is 0. The number of anilines is 1. The maximum atomic E-state index is 6.02. The van der Waals surface area contributed by atoms with Crippen LogP contribution in [0.25, 0.3) is 11.1 Å². The second kappa shape index (κ2) is 4.66. The highest BCUT2D eigenvalue weighted by Gasteiger charge is 2.13. The lowest BCUT2D eigenvalue weighted by Crippen LogP contribution is -2.10. The molecule has 0 saturated carbocycles. The summed E-state index contributed by atoms with van der Waals surface area (Å²) < 4.78 is 0. The van der Waals surface area contributed by atoms with Crippen molar-refractivity contribution >= 4 is 17.3 Å². The molecule has 0 radical (unpaired) electrons. The van der Waals surface area contributed by atoms with Crippen LogP contribution in [-0.4, -0.2) is 0 Å². The lowest BCUT2D eigenvalue weighted by Gasteiger charge is -2.19. The minimum absolute atomic E-state index is 0.173. The molecule has 0 spiro atoms. The second-order valence-corrected chi connectivity index (χ2v) is 6.04. The van der Waals surface area contributed by atoms with Gasteiger partial charge in [-0.05, 0) is 40.3 Å². The van der Waals surface area contributed by atoms with Gasteiger partial charge in [-0.3, -0.25) is 0 Å². The Hall–Kier alpha value is -1.47. The summed E-state index contributed by atoms with van der Waals surface area (Å²) in [5.74, 6) is 0. The fraction of sp³-hybridized carbons (Fsp3) is 0.250. The average Bonchev–Trinajstić information content (AvgIpc) is 2.27. The van der Waals surface area contributed by atoms with Crippen LogP contribution in [0.1, 0.15) is 26.3 Å². The van der Waals surface area contributed by atoms with E-state index >= 15 is 0 Å². The average molecular weight is 260 g/mol. The van der Waals surface area contributed by atoms with Crippen LogP contribution in [-0.2, 0) is 5.41 Å². The summed E-state index contributed by atoms with van der Waals surface area (Å²) in [5, 5.41) is 0.671. The van der Waals surface area contributed by atoms with Gasteiger partial charge in [0, 0.05) is 10.7 Å². The predicted molar refractivity (Wildman–Crippen MR) is 80.0 cm³/mol. The topological polar surface area (TPSA) is 26.0 Å². The third kappa shape index (κ3) is 2.85. The molecule has 0 fully saturated rings. The first-order valence-electron chi connectivity index (χ1n) is 6.03. The molecule has 2 N–H and O–H groups in total. The van der Waals surface area contributed by atoms with Gasteiger partial charge in [0.1, 0.15) is 0 Å². The molecule has 0 aliphatic rings. The van der Waals surface area contributed by atoms with Gasteiger partial charge in [0.15, 0.2) is 0 Å². The number of rotatable bonds is 1. The highest BCUT2D eigenvalue weighted by atomic mass is 35.5. The van der Waals surface area contributed by atoms with Crippen LogP contribution < -0.4 is 5.73 Å². The summed E-state index contributed by atoms with van der Waals surface area (Å²) in [6, 6.07) is 14.2. The van der Waals surface area contributed by atoms with Crippen molar-refractivity contribution in [3.05, 3.63) is 53.1 Å². The molecule has 1 nitrogen and oxygen atoms in total. The summed E-state index contributed by atoms with van der Waals surface area (Å²) in [6.07, 6.45) is 0. The Bertz CT molecular complexity index is 530. The zero-order valence-electron chi connectivity index (χ0n) is 11.0. The van der Waals surface area contributed by atoms with Crippen LogP contribution >= 0.6 is 11.6 Å². The molecular formula is C16H18ClN. The molecule has 2 rings (SSSR count). The van der Waals surface area contributed by atoms with Crippen molar-refractivity contribution in [2.24, 2.45) is 0 Å². The van der Waals surface area contributed by atoms with Gasteiger partial charge in [-0.1, -0.05) is 56.6 Å². The van der Waals surface area contributed by atoms with Crippen LogP contribution in [0.3, 0.4) is 0 Å². The van der Waals surface area contributed by atoms with Crippen molar-refractivity contribution in [3.63, 3.8) is 0 Å². The number of halogens is 1. The molecule has 0 saturated heterocycles. The summed E-state index contributed by atoms with van der Waals surface area (Å²) in [6.45, 7) is 6.62. The summed E-state index contributed by atoms with van der Waals surface area (Å²) in [7, 11) is 0. The maximum Gasteiger partial charge on any atom is 0.0432 e. The van der Waals surface area contributed by atoms with Crippen molar-refractivity contribution in [2.45, 2.75) is 26.2 Å². The van der Waals surface area contributed by atoms with Crippen molar-refractivity contribution < 1.29 is 0 Å². The lowest BCUT2D eigenvalue weighted by molar-refractivity contribution is 0.590. The van der Waals surface area contributed by atoms with Gasteiger partial charge >= 0.3 is 0 Å². The van der Waals surface area contributed by atoms with Gasteiger partial charge in [0.05, 0.1) is 0 Å². The molecule has 2 heteroatoms. The Morgan fingerprint density at radius 3 is 2.00 bits per heavy atom. The van der Waals surface area contributed by atoms with Crippen LogP contribution in [0.2, 0.25) is 5.02 Å². The zero-order valence-corrected chi connectivity index (χ0v) is 11.8. The molecule has 0 atom stereocenters. The highest BCUT2D eigenvalue weighted by molar-refractivity contribution is 6.31. The molecule has 0 unspecified atom stereocenters. The molecule has 0 heterocycles. The molecular weight excluding hydrogens is 242 g/mol. The number of benzene rings is 2. The number of hydrogen-bond donors (Lipinski definition) is 1. The van der Waals surface area contributed by atoms with E-state index in [-0.39, 0.29) is 5.41 Å². The van der Waals surface area contributed by atoms with Crippen molar-refractivity contribution in [1.82, 2.24) is 0 Å². The van der Waals surface area contributed by atoms with Crippen LogP contribution in [0.5, 0.6) is 0 Å². The van der Waals surface area contributed by atoms with Crippen molar-refractivity contribution in [3.8, 4) is 11.1 Å². The molecule has 0 bridgehead atoms. The Morgan fingerprint density at radius 1 is 0.889 bits per heavy atom. The molecule has 94 valence electrons. The fourth-order valence-corrected chi connectivity index (χ4v) is 2.19. The van der Waals surface area contributed by atoms with E-state index in [1.165, 1.54) is 5.56 Å². The first kappa shape index (κ1) is 13.0. The van der Waals surface area contributed by atoms with E-state index in [2.05, 4.69) is 45.0 Å². The minimum Gasteiger partial charge on any atom is -0.399 e. The van der Waals surface area contributed by atoms with Gasteiger partial charge in [0.25, 0.3) is 0 Å². The van der Waals surface area contributed by atoms with Crippen LogP contribution in [0.4, 0.5) is 5.69 Å². The van der Waals surface area contributed by atoms with E-state index in [1.54, 1.807) is 6.07 Å². The van der Waals surface area contributed by atoms with Crippen LogP contribution in [0.15, 0.2) is 42.5 Å². The molecule has 2 aromatic rings. The SMILES string of the molecule is CC(C)(C)c1ccc(-c2cc(N)cc(Cl)c2)cc1.